The first-order chi connectivity index (χ1) is 9.22. The first-order valence-electron chi connectivity index (χ1n) is 6.99. The molecule has 1 rings (SSSR count). The van der Waals surface area contributed by atoms with Crippen molar-refractivity contribution in [3.8, 4) is 0 Å². The molecule has 0 amide bonds. The molecule has 0 bridgehead atoms. The minimum absolute atomic E-state index is 0.391. The molecular weight excluding hydrogens is 252 g/mol. The summed E-state index contributed by atoms with van der Waals surface area (Å²) >= 11 is 0. The van der Waals surface area contributed by atoms with Gasteiger partial charge in [0.25, 0.3) is 0 Å². The highest BCUT2D eigenvalue weighted by atomic mass is 28.3. The summed E-state index contributed by atoms with van der Waals surface area (Å²) in [6.07, 6.45) is 2.70. The van der Waals surface area contributed by atoms with Gasteiger partial charge in [-0.25, -0.2) is 0 Å². The second-order valence-corrected chi connectivity index (χ2v) is 6.94. The van der Waals surface area contributed by atoms with Gasteiger partial charge in [0.2, 0.25) is 9.04 Å². The molecule has 0 aliphatic carbocycles. The van der Waals surface area contributed by atoms with Crippen molar-refractivity contribution in [2.45, 2.75) is 32.7 Å². The van der Waals surface area contributed by atoms with Gasteiger partial charge < -0.3 is 9.16 Å². The van der Waals surface area contributed by atoms with Crippen molar-refractivity contribution in [1.82, 2.24) is 0 Å². The molecular formula is C16H25O2Si. The van der Waals surface area contributed by atoms with Crippen LogP contribution in [0.4, 0.5) is 0 Å². The zero-order valence-electron chi connectivity index (χ0n) is 12.3. The van der Waals surface area contributed by atoms with E-state index in [1.165, 1.54) is 11.1 Å². The molecule has 105 valence electrons. The van der Waals surface area contributed by atoms with Crippen LogP contribution < -0.4 is 0 Å². The molecule has 1 unspecified atom stereocenters. The maximum absolute atomic E-state index is 6.05. The lowest BCUT2D eigenvalue weighted by atomic mass is 9.96. The Kier molecular flexibility index (Phi) is 7.71. The fraction of sp³-hybridized carbons (Fsp3) is 0.500. The van der Waals surface area contributed by atoms with Gasteiger partial charge in [-0.05, 0) is 24.1 Å². The summed E-state index contributed by atoms with van der Waals surface area (Å²) < 4.78 is 11.5. The van der Waals surface area contributed by atoms with E-state index in [9.17, 15) is 0 Å². The maximum atomic E-state index is 6.05. The van der Waals surface area contributed by atoms with Crippen LogP contribution in [0.2, 0.25) is 6.04 Å². The Bertz CT molecular complexity index is 379. The molecule has 0 fully saturated rings. The van der Waals surface area contributed by atoms with Crippen LogP contribution in [0.1, 0.15) is 37.8 Å². The summed E-state index contributed by atoms with van der Waals surface area (Å²) in [6.45, 7) is 11.8. The lowest BCUT2D eigenvalue weighted by Gasteiger charge is -2.19. The van der Waals surface area contributed by atoms with E-state index >= 15 is 0 Å². The Morgan fingerprint density at radius 1 is 1.32 bits per heavy atom. The summed E-state index contributed by atoms with van der Waals surface area (Å²) in [5.74, 6) is 0.391. The van der Waals surface area contributed by atoms with Gasteiger partial charge in [-0.2, -0.15) is 0 Å². The van der Waals surface area contributed by atoms with Crippen molar-refractivity contribution in [3.05, 3.63) is 42.0 Å². The predicted molar refractivity (Wildman–Crippen MR) is 83.6 cm³/mol. The third kappa shape index (κ3) is 5.31. The molecule has 0 aliphatic rings. The van der Waals surface area contributed by atoms with E-state index in [-0.39, 0.29) is 0 Å². The fourth-order valence-electron chi connectivity index (χ4n) is 1.94. The minimum Gasteiger partial charge on any atom is -0.414 e. The van der Waals surface area contributed by atoms with E-state index in [1.807, 2.05) is 19.1 Å². The number of rotatable bonds is 9. The molecule has 0 aromatic heterocycles. The van der Waals surface area contributed by atoms with Crippen molar-refractivity contribution >= 4 is 15.1 Å². The van der Waals surface area contributed by atoms with E-state index in [1.54, 1.807) is 0 Å². The van der Waals surface area contributed by atoms with Crippen LogP contribution in [-0.2, 0) is 9.16 Å². The van der Waals surface area contributed by atoms with E-state index in [2.05, 4.69) is 38.6 Å². The van der Waals surface area contributed by atoms with E-state index in [0.717, 1.165) is 25.5 Å². The largest absolute Gasteiger partial charge is 0.414 e. The molecule has 19 heavy (non-hydrogen) atoms. The zero-order chi connectivity index (χ0) is 14.1. The number of hydrogen-bond donors (Lipinski definition) is 0. The smallest absolute Gasteiger partial charge is 0.237 e. The van der Waals surface area contributed by atoms with Crippen LogP contribution in [0.15, 0.2) is 30.8 Å². The topological polar surface area (TPSA) is 18.5 Å². The Balaban J connectivity index is 2.54. The monoisotopic (exact) mass is 277 g/mol. The third-order valence-corrected chi connectivity index (χ3v) is 5.04. The molecule has 0 aliphatic heterocycles. The average molecular weight is 277 g/mol. The lowest BCUT2D eigenvalue weighted by molar-refractivity contribution is 0.169. The van der Waals surface area contributed by atoms with Crippen molar-refractivity contribution in [2.75, 3.05) is 19.4 Å². The second-order valence-electron chi connectivity index (χ2n) is 4.57. The highest BCUT2D eigenvalue weighted by Crippen LogP contribution is 2.21. The van der Waals surface area contributed by atoms with Gasteiger partial charge in [0.05, 0.1) is 6.23 Å². The molecule has 3 heteroatoms. The molecule has 2 nitrogen and oxygen atoms in total. The van der Waals surface area contributed by atoms with Gasteiger partial charge in [0.1, 0.15) is 0 Å². The van der Waals surface area contributed by atoms with Crippen LogP contribution in [0, 0.1) is 0 Å². The van der Waals surface area contributed by atoms with Crippen molar-refractivity contribution in [1.29, 1.82) is 0 Å². The summed E-state index contributed by atoms with van der Waals surface area (Å²) in [5.41, 5.74) is 2.51. The number of benzene rings is 1. The summed E-state index contributed by atoms with van der Waals surface area (Å²) in [4.78, 5) is 0. The SMILES string of the molecule is C=Cc1ccccc1C(C)CO[Si](CC)COCC. The van der Waals surface area contributed by atoms with E-state index < -0.39 is 9.04 Å². The van der Waals surface area contributed by atoms with Crippen LogP contribution in [-0.4, -0.2) is 28.5 Å². The van der Waals surface area contributed by atoms with Crippen molar-refractivity contribution in [3.63, 3.8) is 0 Å². The Morgan fingerprint density at radius 2 is 2.05 bits per heavy atom. The molecule has 0 N–H and O–H groups in total. The Labute approximate surface area is 119 Å². The molecule has 1 aromatic carbocycles. The van der Waals surface area contributed by atoms with E-state index in [0.29, 0.717) is 5.92 Å². The average Bonchev–Trinajstić information content (AvgIpc) is 2.47. The summed E-state index contributed by atoms with van der Waals surface area (Å²) in [5, 5.41) is 0. The Morgan fingerprint density at radius 3 is 2.68 bits per heavy atom. The highest BCUT2D eigenvalue weighted by Gasteiger charge is 2.15. The van der Waals surface area contributed by atoms with Gasteiger partial charge in [0.15, 0.2) is 0 Å². The zero-order valence-corrected chi connectivity index (χ0v) is 13.3. The number of ether oxygens (including phenoxy) is 1. The number of hydrogen-bond acceptors (Lipinski definition) is 2. The van der Waals surface area contributed by atoms with Crippen LogP contribution in [0.5, 0.6) is 0 Å². The second kappa shape index (κ2) is 9.07. The van der Waals surface area contributed by atoms with Gasteiger partial charge in [-0.3, -0.25) is 0 Å². The molecule has 0 heterocycles. The van der Waals surface area contributed by atoms with Crippen molar-refractivity contribution < 1.29 is 9.16 Å². The molecule has 1 atom stereocenters. The quantitative estimate of drug-likeness (QED) is 0.634. The highest BCUT2D eigenvalue weighted by molar-refractivity contribution is 6.51. The van der Waals surface area contributed by atoms with Gasteiger partial charge >= 0.3 is 0 Å². The van der Waals surface area contributed by atoms with Crippen LogP contribution in [0.25, 0.3) is 6.08 Å². The first kappa shape index (κ1) is 16.2. The standard InChI is InChI=1S/C16H25O2Si/c1-5-15-10-8-9-11-16(15)14(4)12-18-19(7-3)13-17-6-2/h5,8-11,14H,1,6-7,12-13H2,2-4H3. The molecule has 0 spiro atoms. The maximum Gasteiger partial charge on any atom is 0.237 e. The van der Waals surface area contributed by atoms with Gasteiger partial charge in [-0.15, -0.1) is 0 Å². The summed E-state index contributed by atoms with van der Waals surface area (Å²) in [6, 6.07) is 9.46. The molecule has 0 saturated carbocycles. The minimum atomic E-state index is -0.816. The fourth-order valence-corrected chi connectivity index (χ4v) is 3.35. The Hall–Kier alpha value is -0.903. The lowest BCUT2D eigenvalue weighted by Crippen LogP contribution is -2.26. The van der Waals surface area contributed by atoms with Gasteiger partial charge in [0, 0.05) is 19.1 Å². The first-order valence-corrected chi connectivity index (χ1v) is 8.81. The third-order valence-electron chi connectivity index (χ3n) is 3.15. The molecule has 0 saturated heterocycles. The van der Waals surface area contributed by atoms with Crippen LogP contribution >= 0.6 is 0 Å². The normalized spacial score (nSPS) is 12.6. The van der Waals surface area contributed by atoms with Crippen molar-refractivity contribution in [2.24, 2.45) is 0 Å². The van der Waals surface area contributed by atoms with Crippen LogP contribution in [0.3, 0.4) is 0 Å². The predicted octanol–water partition coefficient (Wildman–Crippen LogP) is 4.04. The van der Waals surface area contributed by atoms with E-state index in [4.69, 9.17) is 9.16 Å². The molecule has 1 radical (unpaired) electrons. The summed E-state index contributed by atoms with van der Waals surface area (Å²) in [7, 11) is -0.816. The van der Waals surface area contributed by atoms with Gasteiger partial charge in [-0.1, -0.05) is 50.8 Å². The molecule has 1 aromatic rings.